The van der Waals surface area contributed by atoms with Crippen molar-refractivity contribution in [3.05, 3.63) is 64.4 Å². The second-order valence-electron chi connectivity index (χ2n) is 4.59. The smallest absolute Gasteiger partial charge is 0.262 e. The van der Waals surface area contributed by atoms with Crippen LogP contribution in [-0.4, -0.2) is 18.0 Å². The molecule has 0 fully saturated rings. The normalized spacial score (nSPS) is 10.7. The van der Waals surface area contributed by atoms with E-state index in [4.69, 9.17) is 16.3 Å². The molecule has 0 aliphatic rings. The summed E-state index contributed by atoms with van der Waals surface area (Å²) in [5, 5.41) is 12.4. The van der Waals surface area contributed by atoms with Gasteiger partial charge in [-0.05, 0) is 42.0 Å². The van der Waals surface area contributed by atoms with E-state index in [0.29, 0.717) is 22.9 Å². The number of amides is 1. The lowest BCUT2D eigenvalue weighted by atomic mass is 10.1. The maximum atomic E-state index is 12.1. The van der Waals surface area contributed by atoms with Gasteiger partial charge in [0.05, 0.1) is 7.11 Å². The van der Waals surface area contributed by atoms with E-state index in [9.17, 15) is 10.1 Å². The molecular formula is C17H14ClN3O2. The van der Waals surface area contributed by atoms with Crippen LogP contribution in [-0.2, 0) is 11.3 Å². The van der Waals surface area contributed by atoms with Crippen LogP contribution in [0.3, 0.4) is 0 Å². The van der Waals surface area contributed by atoms with Gasteiger partial charge in [-0.25, -0.2) is 0 Å². The minimum Gasteiger partial charge on any atom is -0.496 e. The summed E-state index contributed by atoms with van der Waals surface area (Å²) in [4.78, 5) is 16.0. The Kier molecular flexibility index (Phi) is 5.73. The molecule has 0 saturated carbocycles. The standard InChI is InChI=1S/C17H14ClN3O2/c1-23-16-3-2-15(18)9-13(16)8-14(10-19)17(22)21-11-12-4-6-20-7-5-12/h2-9H,11H2,1H3,(H,21,22)/b14-8+. The summed E-state index contributed by atoms with van der Waals surface area (Å²) in [6.07, 6.45) is 4.73. The minimum atomic E-state index is -0.466. The number of nitrogens with one attached hydrogen (secondary N) is 1. The lowest BCUT2D eigenvalue weighted by Crippen LogP contribution is -2.23. The van der Waals surface area contributed by atoms with Crippen LogP contribution in [0.25, 0.3) is 6.08 Å². The summed E-state index contributed by atoms with van der Waals surface area (Å²) in [7, 11) is 1.51. The van der Waals surface area contributed by atoms with E-state index in [-0.39, 0.29) is 5.57 Å². The Morgan fingerprint density at radius 2 is 2.13 bits per heavy atom. The Bertz CT molecular complexity index is 767. The van der Waals surface area contributed by atoms with Gasteiger partial charge in [0.2, 0.25) is 0 Å². The zero-order valence-electron chi connectivity index (χ0n) is 12.4. The van der Waals surface area contributed by atoms with Gasteiger partial charge in [0, 0.05) is 29.5 Å². The zero-order valence-corrected chi connectivity index (χ0v) is 13.2. The third-order valence-electron chi connectivity index (χ3n) is 3.06. The number of ether oxygens (including phenoxy) is 1. The van der Waals surface area contributed by atoms with Gasteiger partial charge in [-0.15, -0.1) is 0 Å². The Balaban J connectivity index is 2.17. The fourth-order valence-corrected chi connectivity index (χ4v) is 2.08. The molecule has 0 unspecified atom stereocenters. The lowest BCUT2D eigenvalue weighted by Gasteiger charge is -2.07. The van der Waals surface area contributed by atoms with E-state index >= 15 is 0 Å². The summed E-state index contributed by atoms with van der Waals surface area (Å²) < 4.78 is 5.20. The van der Waals surface area contributed by atoms with Gasteiger partial charge in [-0.3, -0.25) is 9.78 Å². The summed E-state index contributed by atoms with van der Waals surface area (Å²) in [5.41, 5.74) is 1.43. The van der Waals surface area contributed by atoms with Crippen molar-refractivity contribution in [2.75, 3.05) is 7.11 Å². The number of benzene rings is 1. The summed E-state index contributed by atoms with van der Waals surface area (Å²) in [5.74, 6) is 0.0652. The largest absolute Gasteiger partial charge is 0.496 e. The van der Waals surface area contributed by atoms with Crippen LogP contribution in [0.4, 0.5) is 0 Å². The molecule has 0 radical (unpaired) electrons. The van der Waals surface area contributed by atoms with Crippen LogP contribution in [0.2, 0.25) is 5.02 Å². The van der Waals surface area contributed by atoms with Crippen molar-refractivity contribution in [2.24, 2.45) is 0 Å². The molecule has 1 aromatic heterocycles. The number of rotatable bonds is 5. The predicted molar refractivity (Wildman–Crippen MR) is 87.7 cm³/mol. The molecule has 1 N–H and O–H groups in total. The van der Waals surface area contributed by atoms with E-state index in [1.807, 2.05) is 6.07 Å². The first-order valence-electron chi connectivity index (χ1n) is 6.76. The van der Waals surface area contributed by atoms with Gasteiger partial charge in [-0.1, -0.05) is 11.6 Å². The lowest BCUT2D eigenvalue weighted by molar-refractivity contribution is -0.117. The fraction of sp³-hybridized carbons (Fsp3) is 0.118. The maximum Gasteiger partial charge on any atom is 0.262 e. The highest BCUT2D eigenvalue weighted by Gasteiger charge is 2.11. The van der Waals surface area contributed by atoms with Gasteiger partial charge >= 0.3 is 0 Å². The molecule has 1 aromatic carbocycles. The summed E-state index contributed by atoms with van der Waals surface area (Å²) >= 11 is 5.95. The Morgan fingerprint density at radius 1 is 1.39 bits per heavy atom. The van der Waals surface area contributed by atoms with Crippen LogP contribution in [0.15, 0.2) is 48.3 Å². The molecule has 2 rings (SSSR count). The zero-order chi connectivity index (χ0) is 16.7. The summed E-state index contributed by atoms with van der Waals surface area (Å²) in [6.45, 7) is 0.313. The van der Waals surface area contributed by atoms with E-state index in [2.05, 4.69) is 10.3 Å². The molecular weight excluding hydrogens is 314 g/mol. The number of nitriles is 1. The van der Waals surface area contributed by atoms with Gasteiger partial charge in [0.1, 0.15) is 17.4 Å². The first-order valence-corrected chi connectivity index (χ1v) is 7.14. The van der Waals surface area contributed by atoms with Crippen molar-refractivity contribution in [1.29, 1.82) is 5.26 Å². The second-order valence-corrected chi connectivity index (χ2v) is 5.03. The van der Waals surface area contributed by atoms with Crippen molar-refractivity contribution >= 4 is 23.6 Å². The first kappa shape index (κ1) is 16.5. The molecule has 6 heteroatoms. The van der Waals surface area contributed by atoms with Crippen molar-refractivity contribution < 1.29 is 9.53 Å². The number of nitrogens with zero attached hydrogens (tertiary/aromatic N) is 2. The predicted octanol–water partition coefficient (Wildman–Crippen LogP) is 2.97. The van der Waals surface area contributed by atoms with Gasteiger partial charge in [0.25, 0.3) is 5.91 Å². The van der Waals surface area contributed by atoms with Crippen LogP contribution in [0.5, 0.6) is 5.75 Å². The number of methoxy groups -OCH3 is 1. The number of halogens is 1. The maximum absolute atomic E-state index is 12.1. The van der Waals surface area contributed by atoms with Crippen molar-refractivity contribution in [1.82, 2.24) is 10.3 Å². The molecule has 0 atom stereocenters. The fourth-order valence-electron chi connectivity index (χ4n) is 1.90. The summed E-state index contributed by atoms with van der Waals surface area (Å²) in [6, 6.07) is 10.5. The molecule has 0 aliphatic heterocycles. The number of carbonyl (C=O) groups is 1. The minimum absolute atomic E-state index is 0.0281. The van der Waals surface area contributed by atoms with E-state index in [0.717, 1.165) is 5.56 Å². The van der Waals surface area contributed by atoms with Gasteiger partial charge in [-0.2, -0.15) is 5.26 Å². The Labute approximate surface area is 139 Å². The Hall–Kier alpha value is -2.84. The van der Waals surface area contributed by atoms with Gasteiger partial charge < -0.3 is 10.1 Å². The van der Waals surface area contributed by atoms with E-state index in [1.54, 1.807) is 42.7 Å². The van der Waals surface area contributed by atoms with Crippen molar-refractivity contribution in [2.45, 2.75) is 6.54 Å². The second kappa shape index (κ2) is 7.97. The average molecular weight is 328 g/mol. The molecule has 0 aliphatic carbocycles. The van der Waals surface area contributed by atoms with E-state index in [1.165, 1.54) is 13.2 Å². The highest BCUT2D eigenvalue weighted by Crippen LogP contribution is 2.24. The van der Waals surface area contributed by atoms with Crippen LogP contribution in [0, 0.1) is 11.3 Å². The van der Waals surface area contributed by atoms with E-state index < -0.39 is 5.91 Å². The monoisotopic (exact) mass is 327 g/mol. The van der Waals surface area contributed by atoms with Gasteiger partial charge in [0.15, 0.2) is 0 Å². The number of pyridine rings is 1. The number of aromatic nitrogens is 1. The Morgan fingerprint density at radius 3 is 2.78 bits per heavy atom. The quantitative estimate of drug-likeness (QED) is 0.676. The highest BCUT2D eigenvalue weighted by atomic mass is 35.5. The molecule has 0 saturated heterocycles. The van der Waals surface area contributed by atoms with Crippen molar-refractivity contribution in [3.63, 3.8) is 0 Å². The number of hydrogen-bond donors (Lipinski definition) is 1. The number of carbonyl (C=O) groups excluding carboxylic acids is 1. The molecule has 5 nitrogen and oxygen atoms in total. The molecule has 116 valence electrons. The van der Waals surface area contributed by atoms with Crippen LogP contribution >= 0.6 is 11.6 Å². The average Bonchev–Trinajstić information content (AvgIpc) is 2.58. The topological polar surface area (TPSA) is 75.0 Å². The van der Waals surface area contributed by atoms with Crippen molar-refractivity contribution in [3.8, 4) is 11.8 Å². The molecule has 1 heterocycles. The molecule has 0 bridgehead atoms. The molecule has 0 spiro atoms. The molecule has 2 aromatic rings. The molecule has 23 heavy (non-hydrogen) atoms. The third-order valence-corrected chi connectivity index (χ3v) is 3.29. The third kappa shape index (κ3) is 4.56. The van der Waals surface area contributed by atoms with Crippen LogP contribution < -0.4 is 10.1 Å². The first-order chi connectivity index (χ1) is 11.1. The number of hydrogen-bond acceptors (Lipinski definition) is 4. The highest BCUT2D eigenvalue weighted by molar-refractivity contribution is 6.30. The van der Waals surface area contributed by atoms with Crippen LogP contribution in [0.1, 0.15) is 11.1 Å². The SMILES string of the molecule is COc1ccc(Cl)cc1/C=C(\C#N)C(=O)NCc1ccncc1. The molecule has 1 amide bonds.